The lowest BCUT2D eigenvalue weighted by Gasteiger charge is -2.47. The first kappa shape index (κ1) is 13.7. The van der Waals surface area contributed by atoms with Gasteiger partial charge in [0.05, 0.1) is 0 Å². The number of carboxylic acid groups (broad SMARTS) is 1. The van der Waals surface area contributed by atoms with Crippen LogP contribution in [0.3, 0.4) is 0 Å². The second-order valence-corrected chi connectivity index (χ2v) is 5.20. The molecule has 1 unspecified atom stereocenters. The molecule has 0 bridgehead atoms. The molecule has 1 aliphatic rings. The first-order valence-electron chi connectivity index (χ1n) is 5.97. The minimum Gasteiger partial charge on any atom is -0.465 e. The van der Waals surface area contributed by atoms with E-state index in [2.05, 4.69) is 5.32 Å². The molecule has 6 heteroatoms. The molecule has 1 fully saturated rings. The van der Waals surface area contributed by atoms with E-state index >= 15 is 0 Å². The van der Waals surface area contributed by atoms with Crippen molar-refractivity contribution in [1.82, 2.24) is 10.2 Å². The zero-order valence-corrected chi connectivity index (χ0v) is 11.3. The Morgan fingerprint density at radius 1 is 1.42 bits per heavy atom. The van der Waals surface area contributed by atoms with Gasteiger partial charge in [-0.2, -0.15) is 0 Å². The molecule has 1 aliphatic heterocycles. The van der Waals surface area contributed by atoms with Crippen LogP contribution in [-0.2, 0) is 11.3 Å². The van der Waals surface area contributed by atoms with Gasteiger partial charge in [0.25, 0.3) is 0 Å². The average Bonchev–Trinajstić information content (AvgIpc) is 2.34. The molecule has 0 spiro atoms. The van der Waals surface area contributed by atoms with Crippen LogP contribution in [0.1, 0.15) is 18.9 Å². The predicted molar refractivity (Wildman–Crippen MR) is 71.1 cm³/mol. The molecule has 5 nitrogen and oxygen atoms in total. The van der Waals surface area contributed by atoms with Crippen molar-refractivity contribution < 1.29 is 14.7 Å². The van der Waals surface area contributed by atoms with E-state index in [1.165, 1.54) is 0 Å². The van der Waals surface area contributed by atoms with Gasteiger partial charge < -0.3 is 10.4 Å². The minimum atomic E-state index is -1.06. The van der Waals surface area contributed by atoms with E-state index in [9.17, 15) is 9.59 Å². The van der Waals surface area contributed by atoms with E-state index in [0.29, 0.717) is 24.5 Å². The smallest absolute Gasteiger partial charge is 0.408 e. The maximum Gasteiger partial charge on any atom is 0.408 e. The highest BCUT2D eigenvalue weighted by Gasteiger charge is 2.49. The van der Waals surface area contributed by atoms with Crippen LogP contribution in [-0.4, -0.2) is 34.1 Å². The number of carbonyl (C=O) groups is 2. The van der Waals surface area contributed by atoms with E-state index in [1.54, 1.807) is 19.1 Å². The molecule has 0 aliphatic carbocycles. The third kappa shape index (κ3) is 2.66. The summed E-state index contributed by atoms with van der Waals surface area (Å²) in [4.78, 5) is 24.2. The van der Waals surface area contributed by atoms with Crippen LogP contribution in [0.5, 0.6) is 0 Å². The zero-order valence-electron chi connectivity index (χ0n) is 10.5. The van der Waals surface area contributed by atoms with Crippen molar-refractivity contribution in [2.75, 3.05) is 6.54 Å². The molecule has 0 aromatic heterocycles. The standard InChI is InChI=1S/C13H15ClN2O3/c1-13(6-7-16(13)12(18)19)11(17)15-8-9-2-4-10(14)5-3-9/h2-5H,6-8H2,1H3,(H,15,17)(H,18,19). The van der Waals surface area contributed by atoms with Gasteiger partial charge in [0.1, 0.15) is 5.54 Å². The number of benzene rings is 1. The van der Waals surface area contributed by atoms with Gasteiger partial charge in [-0.05, 0) is 31.0 Å². The molecule has 1 heterocycles. The Kier molecular flexibility index (Phi) is 3.66. The van der Waals surface area contributed by atoms with Gasteiger partial charge in [-0.15, -0.1) is 0 Å². The lowest BCUT2D eigenvalue weighted by Crippen LogP contribution is -2.67. The molecule has 1 saturated heterocycles. The highest BCUT2D eigenvalue weighted by molar-refractivity contribution is 6.30. The van der Waals surface area contributed by atoms with Gasteiger partial charge in [0.2, 0.25) is 5.91 Å². The largest absolute Gasteiger partial charge is 0.465 e. The summed E-state index contributed by atoms with van der Waals surface area (Å²) in [5, 5.41) is 12.4. The summed E-state index contributed by atoms with van der Waals surface area (Å²) in [5.41, 5.74) is -0.0271. The number of nitrogens with zero attached hydrogens (tertiary/aromatic N) is 1. The quantitative estimate of drug-likeness (QED) is 0.892. The van der Waals surface area contributed by atoms with Crippen LogP contribution in [0.25, 0.3) is 0 Å². The van der Waals surface area contributed by atoms with Crippen LogP contribution >= 0.6 is 11.6 Å². The molecule has 1 aromatic carbocycles. The average molecular weight is 283 g/mol. The molecular formula is C13H15ClN2O3. The van der Waals surface area contributed by atoms with Crippen molar-refractivity contribution in [2.24, 2.45) is 0 Å². The molecule has 102 valence electrons. The van der Waals surface area contributed by atoms with Crippen LogP contribution in [0.2, 0.25) is 5.02 Å². The van der Waals surface area contributed by atoms with E-state index in [1.807, 2.05) is 12.1 Å². The molecule has 19 heavy (non-hydrogen) atoms. The van der Waals surface area contributed by atoms with Crippen molar-refractivity contribution in [3.05, 3.63) is 34.9 Å². The lowest BCUT2D eigenvalue weighted by atomic mass is 9.86. The van der Waals surface area contributed by atoms with Crippen molar-refractivity contribution in [3.63, 3.8) is 0 Å². The van der Waals surface area contributed by atoms with Gasteiger partial charge in [-0.25, -0.2) is 4.79 Å². The number of halogens is 1. The Labute approximate surface area is 116 Å². The normalized spacial score (nSPS) is 21.7. The van der Waals surface area contributed by atoms with Crippen molar-refractivity contribution in [2.45, 2.75) is 25.4 Å². The minimum absolute atomic E-state index is 0.267. The van der Waals surface area contributed by atoms with Gasteiger partial charge in [0, 0.05) is 18.1 Å². The number of hydrogen-bond donors (Lipinski definition) is 2. The SMILES string of the molecule is CC1(C(=O)NCc2ccc(Cl)cc2)CCN1C(=O)O. The summed E-state index contributed by atoms with van der Waals surface area (Å²) >= 11 is 5.77. The Balaban J connectivity index is 1.94. The van der Waals surface area contributed by atoms with E-state index in [4.69, 9.17) is 16.7 Å². The highest BCUT2D eigenvalue weighted by atomic mass is 35.5. The first-order chi connectivity index (χ1) is 8.93. The Hall–Kier alpha value is -1.75. The fourth-order valence-corrected chi connectivity index (χ4v) is 2.20. The van der Waals surface area contributed by atoms with Crippen LogP contribution in [0, 0.1) is 0 Å². The van der Waals surface area contributed by atoms with Crippen LogP contribution < -0.4 is 5.32 Å². The third-order valence-corrected chi connectivity index (χ3v) is 3.76. The summed E-state index contributed by atoms with van der Waals surface area (Å²) < 4.78 is 0. The number of nitrogens with one attached hydrogen (secondary N) is 1. The number of carbonyl (C=O) groups excluding carboxylic acids is 1. The van der Waals surface area contributed by atoms with E-state index in [0.717, 1.165) is 10.5 Å². The Morgan fingerprint density at radius 3 is 2.53 bits per heavy atom. The molecule has 1 aromatic rings. The van der Waals surface area contributed by atoms with E-state index < -0.39 is 11.6 Å². The Morgan fingerprint density at radius 2 is 2.05 bits per heavy atom. The topological polar surface area (TPSA) is 69.6 Å². The second-order valence-electron chi connectivity index (χ2n) is 4.77. The fraction of sp³-hybridized carbons (Fsp3) is 0.385. The first-order valence-corrected chi connectivity index (χ1v) is 6.34. The Bertz CT molecular complexity index is 503. The molecule has 0 radical (unpaired) electrons. The summed E-state index contributed by atoms with van der Waals surface area (Å²) in [6.07, 6.45) is -0.512. The summed E-state index contributed by atoms with van der Waals surface area (Å²) in [7, 11) is 0. The van der Waals surface area contributed by atoms with Crippen molar-refractivity contribution in [3.8, 4) is 0 Å². The number of likely N-dealkylation sites (tertiary alicyclic amines) is 1. The van der Waals surface area contributed by atoms with Gasteiger partial charge in [-0.1, -0.05) is 23.7 Å². The summed E-state index contributed by atoms with van der Waals surface area (Å²) in [6.45, 7) is 2.40. The maximum absolute atomic E-state index is 12.1. The van der Waals surface area contributed by atoms with E-state index in [-0.39, 0.29) is 5.91 Å². The van der Waals surface area contributed by atoms with Gasteiger partial charge in [0.15, 0.2) is 0 Å². The molecule has 2 N–H and O–H groups in total. The number of hydrogen-bond acceptors (Lipinski definition) is 2. The van der Waals surface area contributed by atoms with Crippen LogP contribution in [0.15, 0.2) is 24.3 Å². The predicted octanol–water partition coefficient (Wildman–Crippen LogP) is 2.10. The highest BCUT2D eigenvalue weighted by Crippen LogP contribution is 2.30. The van der Waals surface area contributed by atoms with Crippen molar-refractivity contribution >= 4 is 23.6 Å². The molecular weight excluding hydrogens is 268 g/mol. The fourth-order valence-electron chi connectivity index (χ4n) is 2.08. The summed E-state index contributed by atoms with van der Waals surface area (Å²) in [5.74, 6) is -0.267. The molecule has 2 rings (SSSR count). The van der Waals surface area contributed by atoms with Gasteiger partial charge in [-0.3, -0.25) is 9.69 Å². The lowest BCUT2D eigenvalue weighted by molar-refractivity contribution is -0.138. The molecule has 2 amide bonds. The third-order valence-electron chi connectivity index (χ3n) is 3.50. The second kappa shape index (κ2) is 5.09. The zero-order chi connectivity index (χ0) is 14.0. The number of rotatable bonds is 3. The van der Waals surface area contributed by atoms with Crippen molar-refractivity contribution in [1.29, 1.82) is 0 Å². The maximum atomic E-state index is 12.1. The van der Waals surface area contributed by atoms with Crippen LogP contribution in [0.4, 0.5) is 4.79 Å². The van der Waals surface area contributed by atoms with Gasteiger partial charge >= 0.3 is 6.09 Å². The molecule has 1 atom stereocenters. The molecule has 0 saturated carbocycles. The summed E-state index contributed by atoms with van der Waals surface area (Å²) in [6, 6.07) is 7.14. The number of amides is 2. The monoisotopic (exact) mass is 282 g/mol.